The van der Waals surface area contributed by atoms with E-state index in [2.05, 4.69) is 10.4 Å². The fourth-order valence-corrected chi connectivity index (χ4v) is 1.85. The van der Waals surface area contributed by atoms with Gasteiger partial charge >= 0.3 is 0 Å². The van der Waals surface area contributed by atoms with Gasteiger partial charge in [0.15, 0.2) is 0 Å². The topological polar surface area (TPSA) is 70.7 Å². The molecule has 1 aromatic carbocycles. The number of aromatic nitrogens is 2. The maximum Gasteiger partial charge on any atom is 0.238 e. The zero-order valence-electron chi connectivity index (χ0n) is 10.8. The van der Waals surface area contributed by atoms with Gasteiger partial charge in [-0.3, -0.25) is 4.79 Å². The first-order valence-corrected chi connectivity index (χ1v) is 5.90. The Labute approximate surface area is 111 Å². The molecule has 0 aliphatic carbocycles. The zero-order valence-corrected chi connectivity index (χ0v) is 10.8. The molecule has 1 amide bonds. The number of carbonyl (C=O) groups is 1. The Morgan fingerprint density at radius 2 is 2.05 bits per heavy atom. The summed E-state index contributed by atoms with van der Waals surface area (Å²) in [5.74, 6) is -0.304. The Morgan fingerprint density at radius 3 is 2.58 bits per heavy atom. The Balaban J connectivity index is 2.17. The number of carbonyl (C=O) groups excluding carboxylic acids is 1. The zero-order chi connectivity index (χ0) is 13.8. The van der Waals surface area contributed by atoms with Gasteiger partial charge in [-0.2, -0.15) is 10.4 Å². The highest BCUT2D eigenvalue weighted by molar-refractivity contribution is 5.92. The predicted octanol–water partition coefficient (Wildman–Crippen LogP) is 2.34. The minimum atomic E-state index is -0.304. The molecule has 2 rings (SSSR count). The van der Waals surface area contributed by atoms with E-state index in [9.17, 15) is 4.79 Å². The van der Waals surface area contributed by atoms with Crippen molar-refractivity contribution in [3.8, 4) is 11.8 Å². The third-order valence-corrected chi connectivity index (χ3v) is 2.64. The van der Waals surface area contributed by atoms with Gasteiger partial charge in [-0.15, -0.1) is 0 Å². The molecule has 96 valence electrons. The molecule has 1 aromatic heterocycles. The lowest BCUT2D eigenvalue weighted by atomic mass is 10.2. The summed E-state index contributed by atoms with van der Waals surface area (Å²) in [6.45, 7) is 3.93. The summed E-state index contributed by atoms with van der Waals surface area (Å²) in [5, 5.41) is 15.5. The van der Waals surface area contributed by atoms with E-state index in [1.807, 2.05) is 42.8 Å². The highest BCUT2D eigenvalue weighted by atomic mass is 16.1. The van der Waals surface area contributed by atoms with Gasteiger partial charge in [0.2, 0.25) is 5.91 Å². The third kappa shape index (κ3) is 2.99. The quantitative estimate of drug-likeness (QED) is 0.913. The maximum atomic E-state index is 11.3. The molecular formula is C14H14N4O. The van der Waals surface area contributed by atoms with Gasteiger partial charge in [0.05, 0.1) is 17.5 Å². The second-order valence-electron chi connectivity index (χ2n) is 4.27. The van der Waals surface area contributed by atoms with Crippen LogP contribution >= 0.6 is 0 Å². The molecule has 0 bridgehead atoms. The fraction of sp³-hybridized carbons (Fsp3) is 0.214. The molecule has 1 heterocycles. The number of hydrogen-bond donors (Lipinski definition) is 1. The summed E-state index contributed by atoms with van der Waals surface area (Å²) < 4.78 is 1.84. The van der Waals surface area contributed by atoms with Crippen LogP contribution in [0.15, 0.2) is 30.3 Å². The lowest BCUT2D eigenvalue weighted by Crippen LogP contribution is -2.10. The molecule has 2 aromatic rings. The van der Waals surface area contributed by atoms with Crippen LogP contribution in [0.5, 0.6) is 0 Å². The second-order valence-corrected chi connectivity index (χ2v) is 4.27. The highest BCUT2D eigenvalue weighted by Gasteiger charge is 2.05. The molecule has 5 heteroatoms. The smallest absolute Gasteiger partial charge is 0.238 e. The van der Waals surface area contributed by atoms with Crippen molar-refractivity contribution in [2.24, 2.45) is 0 Å². The number of amides is 1. The third-order valence-electron chi connectivity index (χ3n) is 2.64. The number of hydrogen-bond acceptors (Lipinski definition) is 3. The molecule has 0 atom stereocenters. The normalized spacial score (nSPS) is 9.95. The number of nitriles is 1. The number of nitrogens with zero attached hydrogens (tertiary/aromatic N) is 3. The fourth-order valence-electron chi connectivity index (χ4n) is 1.85. The highest BCUT2D eigenvalue weighted by Crippen LogP contribution is 2.15. The van der Waals surface area contributed by atoms with Gasteiger partial charge in [-0.25, -0.2) is 4.68 Å². The minimum Gasteiger partial charge on any atom is -0.325 e. The molecule has 0 radical (unpaired) electrons. The van der Waals surface area contributed by atoms with E-state index in [-0.39, 0.29) is 12.3 Å². The summed E-state index contributed by atoms with van der Waals surface area (Å²) in [7, 11) is 0. The average Bonchev–Trinajstić information content (AvgIpc) is 2.70. The number of benzene rings is 1. The van der Waals surface area contributed by atoms with E-state index in [1.54, 1.807) is 12.1 Å². The molecule has 0 saturated carbocycles. The van der Waals surface area contributed by atoms with Crippen molar-refractivity contribution < 1.29 is 4.79 Å². The van der Waals surface area contributed by atoms with Crippen LogP contribution in [0, 0.1) is 25.2 Å². The SMILES string of the molecule is Cc1cc(C)n(-c2ccc(NC(=O)CC#N)cc2)n1. The van der Waals surface area contributed by atoms with E-state index < -0.39 is 0 Å². The first-order valence-electron chi connectivity index (χ1n) is 5.90. The van der Waals surface area contributed by atoms with Crippen LogP contribution in [-0.4, -0.2) is 15.7 Å². The summed E-state index contributed by atoms with van der Waals surface area (Å²) in [6, 6.07) is 11.1. The van der Waals surface area contributed by atoms with Gasteiger partial charge in [0.25, 0.3) is 0 Å². The van der Waals surface area contributed by atoms with E-state index in [0.29, 0.717) is 5.69 Å². The van der Waals surface area contributed by atoms with Crippen LogP contribution in [0.4, 0.5) is 5.69 Å². The van der Waals surface area contributed by atoms with Crippen LogP contribution in [0.2, 0.25) is 0 Å². The second kappa shape index (κ2) is 5.36. The first kappa shape index (κ1) is 12.8. The van der Waals surface area contributed by atoms with E-state index in [0.717, 1.165) is 17.1 Å². The number of rotatable bonds is 3. The average molecular weight is 254 g/mol. The van der Waals surface area contributed by atoms with Crippen LogP contribution in [0.1, 0.15) is 17.8 Å². The van der Waals surface area contributed by atoms with Crippen LogP contribution < -0.4 is 5.32 Å². The Morgan fingerprint density at radius 1 is 1.37 bits per heavy atom. The summed E-state index contributed by atoms with van der Waals surface area (Å²) in [5.41, 5.74) is 3.62. The van der Waals surface area contributed by atoms with E-state index >= 15 is 0 Å². The van der Waals surface area contributed by atoms with Crippen molar-refractivity contribution >= 4 is 11.6 Å². The standard InChI is InChI=1S/C14H14N4O/c1-10-9-11(2)18(17-10)13-5-3-12(4-6-13)16-14(19)7-8-15/h3-6,9H,7H2,1-2H3,(H,16,19). The van der Waals surface area contributed by atoms with Crippen molar-refractivity contribution in [3.05, 3.63) is 41.7 Å². The Kier molecular flexibility index (Phi) is 3.62. The van der Waals surface area contributed by atoms with Crippen LogP contribution in [-0.2, 0) is 4.79 Å². The van der Waals surface area contributed by atoms with Crippen molar-refractivity contribution in [2.75, 3.05) is 5.32 Å². The van der Waals surface area contributed by atoms with E-state index in [1.165, 1.54) is 0 Å². The monoisotopic (exact) mass is 254 g/mol. The molecule has 0 aliphatic rings. The van der Waals surface area contributed by atoms with Gasteiger partial charge in [0, 0.05) is 11.4 Å². The van der Waals surface area contributed by atoms with Gasteiger partial charge < -0.3 is 5.32 Å². The van der Waals surface area contributed by atoms with Crippen LogP contribution in [0.3, 0.4) is 0 Å². The van der Waals surface area contributed by atoms with E-state index in [4.69, 9.17) is 5.26 Å². The van der Waals surface area contributed by atoms with Gasteiger partial charge in [-0.05, 0) is 44.2 Å². The Bertz CT molecular complexity index is 634. The van der Waals surface area contributed by atoms with Gasteiger partial charge in [-0.1, -0.05) is 0 Å². The summed E-state index contributed by atoms with van der Waals surface area (Å²) >= 11 is 0. The van der Waals surface area contributed by atoms with Crippen molar-refractivity contribution in [1.29, 1.82) is 5.26 Å². The lowest BCUT2D eigenvalue weighted by Gasteiger charge is -2.06. The molecule has 0 unspecified atom stereocenters. The lowest BCUT2D eigenvalue weighted by molar-refractivity contribution is -0.115. The maximum absolute atomic E-state index is 11.3. The number of aryl methyl sites for hydroxylation is 2. The predicted molar refractivity (Wildman–Crippen MR) is 71.9 cm³/mol. The van der Waals surface area contributed by atoms with Crippen LogP contribution in [0.25, 0.3) is 5.69 Å². The minimum absolute atomic E-state index is 0.140. The molecule has 0 aliphatic heterocycles. The van der Waals surface area contributed by atoms with Crippen molar-refractivity contribution in [2.45, 2.75) is 20.3 Å². The summed E-state index contributed by atoms with van der Waals surface area (Å²) in [6.07, 6.45) is -0.140. The summed E-state index contributed by atoms with van der Waals surface area (Å²) in [4.78, 5) is 11.3. The molecule has 5 nitrogen and oxygen atoms in total. The molecule has 0 spiro atoms. The molecule has 0 fully saturated rings. The van der Waals surface area contributed by atoms with Crippen molar-refractivity contribution in [1.82, 2.24) is 9.78 Å². The van der Waals surface area contributed by atoms with Crippen molar-refractivity contribution in [3.63, 3.8) is 0 Å². The largest absolute Gasteiger partial charge is 0.325 e. The number of nitrogens with one attached hydrogen (secondary N) is 1. The molecular weight excluding hydrogens is 240 g/mol. The van der Waals surface area contributed by atoms with Gasteiger partial charge in [0.1, 0.15) is 6.42 Å². The Hall–Kier alpha value is -2.61. The first-order chi connectivity index (χ1) is 9.10. The molecule has 0 saturated heterocycles. The molecule has 19 heavy (non-hydrogen) atoms. The number of anilines is 1. The molecule has 1 N–H and O–H groups in total.